The van der Waals surface area contributed by atoms with Crippen molar-refractivity contribution in [2.24, 2.45) is 0 Å². The molecule has 1 aliphatic heterocycles. The summed E-state index contributed by atoms with van der Waals surface area (Å²) in [5.41, 5.74) is 1.69. The molecule has 3 rings (SSSR count). The monoisotopic (exact) mass is 546 g/mol. The van der Waals surface area contributed by atoms with Crippen molar-refractivity contribution < 1.29 is 27.8 Å². The number of aromatic hydroxyl groups is 1. The van der Waals surface area contributed by atoms with E-state index in [1.807, 2.05) is 13.0 Å². The molecule has 1 fully saturated rings. The second-order valence-corrected chi connectivity index (χ2v) is 7.44. The normalized spacial score (nSPS) is 15.4. The van der Waals surface area contributed by atoms with Crippen molar-refractivity contribution in [1.29, 1.82) is 0 Å². The average molecular weight is 548 g/mol. The van der Waals surface area contributed by atoms with E-state index in [1.54, 1.807) is 18.2 Å². The molecule has 174 valence electrons. The molecule has 5 nitrogen and oxygen atoms in total. The lowest BCUT2D eigenvalue weighted by atomic mass is 9.96. The summed E-state index contributed by atoms with van der Waals surface area (Å²) in [4.78, 5) is 2.24. The second-order valence-electron chi connectivity index (χ2n) is 6.59. The van der Waals surface area contributed by atoms with Crippen LogP contribution in [-0.4, -0.2) is 49.2 Å². The molecule has 0 amide bonds. The van der Waals surface area contributed by atoms with Gasteiger partial charge in [0.25, 0.3) is 0 Å². The maximum atomic E-state index is 12.5. The summed E-state index contributed by atoms with van der Waals surface area (Å²) in [6.07, 6.45) is -4.73. The summed E-state index contributed by atoms with van der Waals surface area (Å²) in [5, 5.41) is 13.5. The Labute approximate surface area is 199 Å². The van der Waals surface area contributed by atoms with Crippen molar-refractivity contribution in [3.63, 3.8) is 0 Å². The first-order chi connectivity index (χ1) is 13.8. The molecule has 0 bridgehead atoms. The van der Waals surface area contributed by atoms with Crippen molar-refractivity contribution in [2.45, 2.75) is 19.3 Å². The van der Waals surface area contributed by atoms with E-state index in [0.29, 0.717) is 16.8 Å². The number of hydrogen-bond acceptors (Lipinski definition) is 5. The molecule has 0 aromatic heterocycles. The SMILES string of the molecule is CCOc1cc([C@H](c2ccc(OC(F)(F)F)cc2)N2CCNCC2)cc(Br)c1O.Cl.Cl. The quantitative estimate of drug-likeness (QED) is 0.514. The van der Waals surface area contributed by atoms with Gasteiger partial charge in [-0.2, -0.15) is 0 Å². The number of phenols is 1. The molecular formula is C20H24BrCl2F3N2O3. The third-order valence-electron chi connectivity index (χ3n) is 4.61. The van der Waals surface area contributed by atoms with E-state index in [0.717, 1.165) is 37.3 Å². The number of phenolic OH excluding ortho intramolecular Hbond substituents is 1. The predicted molar refractivity (Wildman–Crippen MR) is 121 cm³/mol. The Hall–Kier alpha value is -1.39. The second kappa shape index (κ2) is 12.0. The van der Waals surface area contributed by atoms with Crippen molar-refractivity contribution in [2.75, 3.05) is 32.8 Å². The Morgan fingerprint density at radius 2 is 1.71 bits per heavy atom. The van der Waals surface area contributed by atoms with Crippen molar-refractivity contribution >= 4 is 40.7 Å². The molecule has 2 aromatic carbocycles. The van der Waals surface area contributed by atoms with Crippen molar-refractivity contribution in [3.05, 3.63) is 52.0 Å². The third kappa shape index (κ3) is 7.32. The van der Waals surface area contributed by atoms with Gasteiger partial charge in [0.2, 0.25) is 0 Å². The maximum Gasteiger partial charge on any atom is 0.573 e. The van der Waals surface area contributed by atoms with Crippen LogP contribution in [0, 0.1) is 0 Å². The largest absolute Gasteiger partial charge is 0.573 e. The minimum absolute atomic E-state index is 0. The first-order valence-electron chi connectivity index (χ1n) is 9.24. The topological polar surface area (TPSA) is 54.0 Å². The summed E-state index contributed by atoms with van der Waals surface area (Å²) in [5.74, 6) is 0.111. The molecule has 0 saturated carbocycles. The zero-order valence-corrected chi connectivity index (χ0v) is 19.8. The molecular weight excluding hydrogens is 524 g/mol. The minimum Gasteiger partial charge on any atom is -0.503 e. The first kappa shape index (κ1) is 27.6. The molecule has 1 aliphatic rings. The highest BCUT2D eigenvalue weighted by Crippen LogP contribution is 2.40. The molecule has 1 atom stereocenters. The van der Waals surface area contributed by atoms with E-state index in [4.69, 9.17) is 4.74 Å². The highest BCUT2D eigenvalue weighted by atomic mass is 79.9. The lowest BCUT2D eigenvalue weighted by molar-refractivity contribution is -0.274. The fourth-order valence-corrected chi connectivity index (χ4v) is 3.88. The molecule has 0 aliphatic carbocycles. The van der Waals surface area contributed by atoms with Crippen LogP contribution in [0.4, 0.5) is 13.2 Å². The van der Waals surface area contributed by atoms with Crippen LogP contribution in [0.15, 0.2) is 40.9 Å². The smallest absolute Gasteiger partial charge is 0.503 e. The minimum atomic E-state index is -4.73. The fourth-order valence-electron chi connectivity index (χ4n) is 3.42. The fraction of sp³-hybridized carbons (Fsp3) is 0.400. The first-order valence-corrected chi connectivity index (χ1v) is 10.0. The molecule has 1 heterocycles. The van der Waals surface area contributed by atoms with Gasteiger partial charge in [-0.3, -0.25) is 4.90 Å². The van der Waals surface area contributed by atoms with Gasteiger partial charge in [0.15, 0.2) is 11.5 Å². The number of rotatable bonds is 6. The number of nitrogens with zero attached hydrogens (tertiary/aromatic N) is 1. The molecule has 31 heavy (non-hydrogen) atoms. The highest BCUT2D eigenvalue weighted by Gasteiger charge is 2.31. The van der Waals surface area contributed by atoms with E-state index in [-0.39, 0.29) is 42.4 Å². The van der Waals surface area contributed by atoms with Gasteiger partial charge in [-0.1, -0.05) is 12.1 Å². The van der Waals surface area contributed by atoms with Crippen LogP contribution >= 0.6 is 40.7 Å². The van der Waals surface area contributed by atoms with Gasteiger partial charge in [0, 0.05) is 26.2 Å². The van der Waals surface area contributed by atoms with E-state index >= 15 is 0 Å². The zero-order valence-electron chi connectivity index (χ0n) is 16.6. The standard InChI is InChI=1S/C20H22BrF3N2O3.2ClH/c1-2-28-17-12-14(11-16(21)19(17)27)18(26-9-7-25-8-10-26)13-3-5-15(6-4-13)29-20(22,23)24;;/h3-6,11-12,18,25,27H,2,7-10H2,1H3;2*1H/t18-;;/m0../s1. The third-order valence-corrected chi connectivity index (χ3v) is 5.22. The highest BCUT2D eigenvalue weighted by molar-refractivity contribution is 9.10. The summed E-state index contributed by atoms with van der Waals surface area (Å²) in [6.45, 7) is 5.38. The van der Waals surface area contributed by atoms with Gasteiger partial charge in [0.1, 0.15) is 5.75 Å². The molecule has 0 spiro atoms. The van der Waals surface area contributed by atoms with Gasteiger partial charge in [-0.25, -0.2) is 0 Å². The van der Waals surface area contributed by atoms with Crippen LogP contribution in [-0.2, 0) is 0 Å². The van der Waals surface area contributed by atoms with E-state index < -0.39 is 6.36 Å². The molecule has 0 radical (unpaired) electrons. The number of benzene rings is 2. The van der Waals surface area contributed by atoms with Gasteiger partial charge >= 0.3 is 6.36 Å². The van der Waals surface area contributed by atoms with Gasteiger partial charge in [-0.15, -0.1) is 38.0 Å². The Morgan fingerprint density at radius 1 is 1.10 bits per heavy atom. The van der Waals surface area contributed by atoms with Gasteiger partial charge in [0.05, 0.1) is 17.1 Å². The van der Waals surface area contributed by atoms with Gasteiger partial charge < -0.3 is 19.9 Å². The molecule has 0 unspecified atom stereocenters. The molecule has 2 N–H and O–H groups in total. The van der Waals surface area contributed by atoms with Crippen molar-refractivity contribution in [3.8, 4) is 17.2 Å². The van der Waals surface area contributed by atoms with Crippen LogP contribution in [0.1, 0.15) is 24.1 Å². The summed E-state index contributed by atoms with van der Waals surface area (Å²) < 4.78 is 47.5. The van der Waals surface area contributed by atoms with Gasteiger partial charge in [-0.05, 0) is 58.2 Å². The predicted octanol–water partition coefficient (Wildman–Crippen LogP) is 5.29. The molecule has 2 aromatic rings. The molecule has 1 saturated heterocycles. The Kier molecular flexibility index (Phi) is 10.7. The number of piperazine rings is 1. The Balaban J connectivity index is 0.00000240. The van der Waals surface area contributed by atoms with Crippen LogP contribution in [0.5, 0.6) is 17.2 Å². The summed E-state index contributed by atoms with van der Waals surface area (Å²) in [7, 11) is 0. The number of ether oxygens (including phenoxy) is 2. The summed E-state index contributed by atoms with van der Waals surface area (Å²) in [6, 6.07) is 9.27. The maximum absolute atomic E-state index is 12.5. The number of halogens is 6. The van der Waals surface area contributed by atoms with E-state index in [9.17, 15) is 18.3 Å². The summed E-state index contributed by atoms with van der Waals surface area (Å²) >= 11 is 3.37. The van der Waals surface area contributed by atoms with E-state index in [2.05, 4.69) is 30.9 Å². The average Bonchev–Trinajstić information content (AvgIpc) is 2.67. The lowest BCUT2D eigenvalue weighted by Crippen LogP contribution is -2.45. The Morgan fingerprint density at radius 3 is 2.26 bits per heavy atom. The van der Waals surface area contributed by atoms with Crippen LogP contribution < -0.4 is 14.8 Å². The van der Waals surface area contributed by atoms with Crippen LogP contribution in [0.3, 0.4) is 0 Å². The van der Waals surface area contributed by atoms with Crippen molar-refractivity contribution in [1.82, 2.24) is 10.2 Å². The lowest BCUT2D eigenvalue weighted by Gasteiger charge is -2.36. The number of hydrogen-bond donors (Lipinski definition) is 2. The molecule has 11 heteroatoms. The van der Waals surface area contributed by atoms with E-state index in [1.165, 1.54) is 12.1 Å². The zero-order chi connectivity index (χ0) is 21.0. The van der Waals surface area contributed by atoms with Crippen LogP contribution in [0.2, 0.25) is 0 Å². The Bertz CT molecular complexity index is 836. The number of nitrogens with one attached hydrogen (secondary N) is 1. The number of alkyl halides is 3. The van der Waals surface area contributed by atoms with Crippen LogP contribution in [0.25, 0.3) is 0 Å².